The van der Waals surface area contributed by atoms with E-state index < -0.39 is 10.0 Å². The number of nitrogens with one attached hydrogen (secondary N) is 1. The fraction of sp³-hybridized carbons (Fsp3) is 0.500. The third kappa shape index (κ3) is 3.37. The van der Waals surface area contributed by atoms with Gasteiger partial charge in [-0.15, -0.1) is 0 Å². The number of nitrogens with zero attached hydrogens (tertiary/aromatic N) is 4. The van der Waals surface area contributed by atoms with Crippen LogP contribution >= 0.6 is 0 Å². The molecule has 1 fully saturated rings. The summed E-state index contributed by atoms with van der Waals surface area (Å²) in [4.78, 5) is 13.8. The van der Waals surface area contributed by atoms with Crippen LogP contribution in [-0.2, 0) is 10.0 Å². The summed E-state index contributed by atoms with van der Waals surface area (Å²) in [6, 6.07) is 1.26. The van der Waals surface area contributed by atoms with Gasteiger partial charge in [0.2, 0.25) is 10.0 Å². The molecule has 136 valence electrons. The molecule has 0 unspecified atom stereocenters. The van der Waals surface area contributed by atoms with Gasteiger partial charge >= 0.3 is 6.03 Å². The van der Waals surface area contributed by atoms with E-state index in [-0.39, 0.29) is 42.9 Å². The Morgan fingerprint density at radius 3 is 2.32 bits per heavy atom. The lowest BCUT2D eigenvalue weighted by Gasteiger charge is -2.33. The fourth-order valence-corrected chi connectivity index (χ4v) is 4.43. The highest BCUT2D eigenvalue weighted by Gasteiger charge is 2.34. The van der Waals surface area contributed by atoms with Crippen LogP contribution in [0.4, 0.5) is 10.6 Å². The Morgan fingerprint density at radius 1 is 1.12 bits per heavy atom. The molecule has 1 aliphatic heterocycles. The molecule has 2 aromatic rings. The maximum Gasteiger partial charge on any atom is 0.323 e. The summed E-state index contributed by atoms with van der Waals surface area (Å²) in [5.74, 6) is 1.18. The molecule has 3 rings (SSSR count). The minimum absolute atomic E-state index is 0.100. The van der Waals surface area contributed by atoms with E-state index in [4.69, 9.17) is 9.05 Å². The summed E-state index contributed by atoms with van der Waals surface area (Å²) < 4.78 is 36.7. The highest BCUT2D eigenvalue weighted by Crippen LogP contribution is 2.24. The summed E-state index contributed by atoms with van der Waals surface area (Å²) in [5, 5.41) is 10.0. The number of carbonyl (C=O) groups is 1. The van der Waals surface area contributed by atoms with Gasteiger partial charge in [-0.3, -0.25) is 5.32 Å². The molecule has 0 radical (unpaired) electrons. The minimum atomic E-state index is -3.69. The monoisotopic (exact) mass is 369 g/mol. The van der Waals surface area contributed by atoms with Gasteiger partial charge in [0.1, 0.15) is 16.3 Å². The van der Waals surface area contributed by atoms with Crippen molar-refractivity contribution in [3.8, 4) is 0 Å². The molecule has 1 N–H and O–H groups in total. The Kier molecular flexibility index (Phi) is 4.52. The van der Waals surface area contributed by atoms with Crippen LogP contribution in [0.2, 0.25) is 0 Å². The molecule has 0 atom stereocenters. The Labute approximate surface area is 144 Å². The van der Waals surface area contributed by atoms with E-state index in [9.17, 15) is 13.2 Å². The predicted octanol–water partition coefficient (Wildman–Crippen LogP) is 1.13. The van der Waals surface area contributed by atoms with Crippen LogP contribution in [0, 0.1) is 20.8 Å². The van der Waals surface area contributed by atoms with Crippen molar-refractivity contribution in [1.82, 2.24) is 19.5 Å². The largest absolute Gasteiger partial charge is 0.360 e. The number of piperazine rings is 1. The van der Waals surface area contributed by atoms with Crippen molar-refractivity contribution in [2.45, 2.75) is 25.7 Å². The normalized spacial score (nSPS) is 16.2. The van der Waals surface area contributed by atoms with Crippen LogP contribution in [0.5, 0.6) is 0 Å². The maximum absolute atomic E-state index is 12.7. The zero-order valence-electron chi connectivity index (χ0n) is 14.1. The zero-order chi connectivity index (χ0) is 18.2. The number of aryl methyl sites for hydroxylation is 3. The van der Waals surface area contributed by atoms with Crippen molar-refractivity contribution >= 4 is 21.9 Å². The molecule has 10 nitrogen and oxygen atoms in total. The van der Waals surface area contributed by atoms with Gasteiger partial charge in [0.15, 0.2) is 11.6 Å². The van der Waals surface area contributed by atoms with Gasteiger partial charge in [0.05, 0.1) is 0 Å². The molecular formula is C14H19N5O5S. The van der Waals surface area contributed by atoms with Crippen molar-refractivity contribution in [3.63, 3.8) is 0 Å². The van der Waals surface area contributed by atoms with Gasteiger partial charge in [-0.1, -0.05) is 10.3 Å². The van der Waals surface area contributed by atoms with Crippen LogP contribution in [0.25, 0.3) is 0 Å². The number of anilines is 1. The van der Waals surface area contributed by atoms with Crippen molar-refractivity contribution in [2.75, 3.05) is 31.5 Å². The minimum Gasteiger partial charge on any atom is -0.360 e. The lowest BCUT2D eigenvalue weighted by Crippen LogP contribution is -2.51. The van der Waals surface area contributed by atoms with E-state index in [2.05, 4.69) is 15.6 Å². The second-order valence-corrected chi connectivity index (χ2v) is 7.67. The van der Waals surface area contributed by atoms with E-state index in [1.165, 1.54) is 9.21 Å². The summed E-state index contributed by atoms with van der Waals surface area (Å²) in [7, 11) is -3.69. The Morgan fingerprint density at radius 2 is 1.80 bits per heavy atom. The van der Waals surface area contributed by atoms with E-state index in [0.717, 1.165) is 0 Å². The summed E-state index contributed by atoms with van der Waals surface area (Å²) in [6.07, 6.45) is 0. The highest BCUT2D eigenvalue weighted by molar-refractivity contribution is 7.89. The highest BCUT2D eigenvalue weighted by atomic mass is 32.2. The average molecular weight is 369 g/mol. The molecular weight excluding hydrogens is 350 g/mol. The van der Waals surface area contributed by atoms with Crippen LogP contribution in [0.3, 0.4) is 0 Å². The van der Waals surface area contributed by atoms with Crippen LogP contribution in [0.1, 0.15) is 17.2 Å². The molecule has 0 aromatic carbocycles. The standard InChI is InChI=1S/C14H19N5O5S/c1-9-8-12(17-23-9)15-14(20)18-4-6-19(7-5-18)25(21,22)13-10(2)16-24-11(13)3/h8H,4-7H2,1-3H3,(H,15,17,20). The number of rotatable bonds is 3. The molecule has 25 heavy (non-hydrogen) atoms. The number of sulfonamides is 1. The number of urea groups is 1. The molecule has 1 aliphatic rings. The molecule has 0 aliphatic carbocycles. The van der Waals surface area contributed by atoms with Crippen molar-refractivity contribution in [1.29, 1.82) is 0 Å². The van der Waals surface area contributed by atoms with Gasteiger partial charge in [-0.2, -0.15) is 4.31 Å². The number of hydrogen-bond acceptors (Lipinski definition) is 7. The smallest absolute Gasteiger partial charge is 0.323 e. The lowest BCUT2D eigenvalue weighted by atomic mass is 10.4. The van der Waals surface area contributed by atoms with Crippen molar-refractivity contribution < 1.29 is 22.3 Å². The Balaban J connectivity index is 1.64. The van der Waals surface area contributed by atoms with E-state index in [1.54, 1.807) is 26.8 Å². The second kappa shape index (κ2) is 6.48. The van der Waals surface area contributed by atoms with E-state index in [1.807, 2.05) is 0 Å². The van der Waals surface area contributed by atoms with Crippen molar-refractivity contribution in [3.05, 3.63) is 23.3 Å². The third-order valence-electron chi connectivity index (χ3n) is 3.95. The topological polar surface area (TPSA) is 122 Å². The summed E-state index contributed by atoms with van der Waals surface area (Å²) in [6.45, 7) is 5.80. The van der Waals surface area contributed by atoms with Crippen molar-refractivity contribution in [2.24, 2.45) is 0 Å². The van der Waals surface area contributed by atoms with E-state index in [0.29, 0.717) is 17.3 Å². The van der Waals surface area contributed by atoms with Gasteiger partial charge in [-0.05, 0) is 20.8 Å². The van der Waals surface area contributed by atoms with Gasteiger partial charge in [0.25, 0.3) is 0 Å². The fourth-order valence-electron chi connectivity index (χ4n) is 2.72. The molecule has 11 heteroatoms. The first-order valence-corrected chi connectivity index (χ1v) is 9.15. The zero-order valence-corrected chi connectivity index (χ0v) is 15.0. The molecule has 2 aromatic heterocycles. The third-order valence-corrected chi connectivity index (χ3v) is 6.10. The summed E-state index contributed by atoms with van der Waals surface area (Å²) in [5.41, 5.74) is 0.332. The molecule has 1 saturated heterocycles. The second-order valence-electron chi connectivity index (χ2n) is 5.80. The molecule has 0 saturated carbocycles. The Bertz CT molecular complexity index is 860. The first kappa shape index (κ1) is 17.4. The van der Waals surface area contributed by atoms with Gasteiger partial charge in [-0.25, -0.2) is 13.2 Å². The van der Waals surface area contributed by atoms with E-state index >= 15 is 0 Å². The van der Waals surface area contributed by atoms with Gasteiger partial charge in [0, 0.05) is 32.2 Å². The molecule has 0 spiro atoms. The van der Waals surface area contributed by atoms with Gasteiger partial charge < -0.3 is 13.9 Å². The number of amides is 2. The lowest BCUT2D eigenvalue weighted by molar-refractivity contribution is 0.184. The first-order valence-electron chi connectivity index (χ1n) is 7.71. The average Bonchev–Trinajstić information content (AvgIpc) is 3.13. The molecule has 2 amide bonds. The van der Waals surface area contributed by atoms with Crippen LogP contribution < -0.4 is 5.32 Å². The summed E-state index contributed by atoms with van der Waals surface area (Å²) >= 11 is 0. The first-order chi connectivity index (χ1) is 11.8. The number of aromatic nitrogens is 2. The number of carbonyl (C=O) groups excluding carboxylic acids is 1. The number of hydrogen-bond donors (Lipinski definition) is 1. The molecule has 0 bridgehead atoms. The van der Waals surface area contributed by atoms with Crippen LogP contribution in [0.15, 0.2) is 20.0 Å². The SMILES string of the molecule is Cc1cc(NC(=O)N2CCN(S(=O)(=O)c3c(C)noc3C)CC2)no1. The van der Waals surface area contributed by atoms with Crippen LogP contribution in [-0.4, -0.2) is 60.1 Å². The predicted molar refractivity (Wildman–Crippen MR) is 86.6 cm³/mol. The Hall–Kier alpha value is -2.40. The molecule has 3 heterocycles. The quantitative estimate of drug-likeness (QED) is 0.860. The maximum atomic E-state index is 12.7.